The summed E-state index contributed by atoms with van der Waals surface area (Å²) >= 11 is 0. The molecule has 0 saturated carbocycles. The number of aromatic nitrogens is 3. The molecular formula is C15H20N4O2. The van der Waals surface area contributed by atoms with Gasteiger partial charge in [-0.2, -0.15) is 0 Å². The van der Waals surface area contributed by atoms with Crippen LogP contribution < -0.4 is 0 Å². The van der Waals surface area contributed by atoms with E-state index in [1.807, 2.05) is 50.4 Å². The van der Waals surface area contributed by atoms with Gasteiger partial charge in [-0.1, -0.05) is 6.07 Å². The first kappa shape index (κ1) is 13.9. The number of hydrogen-bond acceptors (Lipinski definition) is 4. The maximum absolute atomic E-state index is 11.9. The van der Waals surface area contributed by atoms with Crippen molar-refractivity contribution >= 4 is 11.7 Å². The highest BCUT2D eigenvalue weighted by Crippen LogP contribution is 2.27. The molecule has 6 nitrogen and oxygen atoms in total. The molecule has 0 atom stereocenters. The van der Waals surface area contributed by atoms with Crippen LogP contribution in [0.1, 0.15) is 38.1 Å². The summed E-state index contributed by atoms with van der Waals surface area (Å²) in [4.78, 5) is 13.6. The highest BCUT2D eigenvalue weighted by atomic mass is 16.6. The van der Waals surface area contributed by atoms with Gasteiger partial charge in [0.25, 0.3) is 0 Å². The van der Waals surface area contributed by atoms with Crippen LogP contribution in [0.5, 0.6) is 0 Å². The van der Waals surface area contributed by atoms with Crippen LogP contribution in [0.25, 0.3) is 5.65 Å². The molecule has 2 aromatic rings. The fraction of sp³-hybridized carbons (Fsp3) is 0.533. The number of amides is 1. The number of carbonyl (C=O) groups excluding carboxylic acids is 1. The lowest BCUT2D eigenvalue weighted by Crippen LogP contribution is -2.50. The van der Waals surface area contributed by atoms with Crippen molar-refractivity contribution in [3.05, 3.63) is 29.7 Å². The van der Waals surface area contributed by atoms with Gasteiger partial charge >= 0.3 is 6.09 Å². The second kappa shape index (κ2) is 4.72. The van der Waals surface area contributed by atoms with E-state index in [2.05, 4.69) is 10.2 Å². The molecule has 0 spiro atoms. The van der Waals surface area contributed by atoms with E-state index >= 15 is 0 Å². The van der Waals surface area contributed by atoms with Gasteiger partial charge in [0.05, 0.1) is 5.92 Å². The van der Waals surface area contributed by atoms with Gasteiger partial charge in [0, 0.05) is 19.3 Å². The number of hydrogen-bond donors (Lipinski definition) is 0. The topological polar surface area (TPSA) is 59.7 Å². The van der Waals surface area contributed by atoms with Gasteiger partial charge in [-0.05, 0) is 39.3 Å². The Morgan fingerprint density at radius 3 is 2.67 bits per heavy atom. The van der Waals surface area contributed by atoms with E-state index in [0.717, 1.165) is 17.0 Å². The minimum atomic E-state index is -0.457. The van der Waals surface area contributed by atoms with Gasteiger partial charge in [0.2, 0.25) is 0 Å². The average molecular weight is 288 g/mol. The molecule has 21 heavy (non-hydrogen) atoms. The third-order valence-corrected chi connectivity index (χ3v) is 3.47. The SMILES string of the molecule is Cc1ccc2nnc(C3CN(C(=O)OC(C)(C)C)C3)n2c1. The minimum absolute atomic E-state index is 0.217. The van der Waals surface area contributed by atoms with Crippen molar-refractivity contribution in [1.82, 2.24) is 19.5 Å². The molecule has 112 valence electrons. The standard InChI is InChI=1S/C15H20N4O2/c1-10-5-6-12-16-17-13(19(12)7-10)11-8-18(9-11)14(20)21-15(2,3)4/h5-7,11H,8-9H2,1-4H3. The normalized spacial score (nSPS) is 16.1. The molecule has 3 heterocycles. The van der Waals surface area contributed by atoms with Crippen molar-refractivity contribution in [2.24, 2.45) is 0 Å². The van der Waals surface area contributed by atoms with Gasteiger partial charge in [-0.25, -0.2) is 4.79 Å². The van der Waals surface area contributed by atoms with Gasteiger partial charge in [0.15, 0.2) is 5.65 Å². The van der Waals surface area contributed by atoms with E-state index in [-0.39, 0.29) is 12.0 Å². The molecule has 0 bridgehead atoms. The Morgan fingerprint density at radius 2 is 2.00 bits per heavy atom. The number of nitrogens with zero attached hydrogens (tertiary/aromatic N) is 4. The Morgan fingerprint density at radius 1 is 1.29 bits per heavy atom. The van der Waals surface area contributed by atoms with Crippen molar-refractivity contribution in [2.45, 2.75) is 39.2 Å². The predicted octanol–water partition coefficient (Wildman–Crippen LogP) is 2.37. The Balaban J connectivity index is 1.70. The highest BCUT2D eigenvalue weighted by Gasteiger charge is 2.37. The lowest BCUT2D eigenvalue weighted by atomic mass is 10.00. The van der Waals surface area contributed by atoms with E-state index in [1.54, 1.807) is 4.90 Å². The highest BCUT2D eigenvalue weighted by molar-refractivity contribution is 5.69. The van der Waals surface area contributed by atoms with Gasteiger partial charge < -0.3 is 9.64 Å². The zero-order chi connectivity index (χ0) is 15.2. The van der Waals surface area contributed by atoms with Gasteiger partial charge in [-0.15, -0.1) is 10.2 Å². The molecule has 1 amide bonds. The molecule has 0 N–H and O–H groups in total. The lowest BCUT2D eigenvalue weighted by molar-refractivity contribution is 0.00743. The number of rotatable bonds is 1. The number of carbonyl (C=O) groups is 1. The van der Waals surface area contributed by atoms with E-state index in [9.17, 15) is 4.79 Å². The lowest BCUT2D eigenvalue weighted by Gasteiger charge is -2.38. The van der Waals surface area contributed by atoms with Crippen LogP contribution in [0.4, 0.5) is 4.79 Å². The average Bonchev–Trinajstić information content (AvgIpc) is 2.68. The van der Waals surface area contributed by atoms with Crippen molar-refractivity contribution in [2.75, 3.05) is 13.1 Å². The van der Waals surface area contributed by atoms with Crippen LogP contribution >= 0.6 is 0 Å². The second-order valence-electron chi connectivity index (χ2n) is 6.58. The molecule has 1 fully saturated rings. The third kappa shape index (κ3) is 2.70. The molecule has 2 aromatic heterocycles. The summed E-state index contributed by atoms with van der Waals surface area (Å²) < 4.78 is 7.36. The smallest absolute Gasteiger partial charge is 0.410 e. The summed E-state index contributed by atoms with van der Waals surface area (Å²) in [5, 5.41) is 8.43. The Labute approximate surface area is 123 Å². The van der Waals surface area contributed by atoms with E-state index in [0.29, 0.717) is 13.1 Å². The maximum Gasteiger partial charge on any atom is 0.410 e. The van der Waals surface area contributed by atoms with E-state index in [1.165, 1.54) is 0 Å². The summed E-state index contributed by atoms with van der Waals surface area (Å²) in [6, 6.07) is 3.97. The van der Waals surface area contributed by atoms with E-state index < -0.39 is 5.60 Å². The molecule has 1 aliphatic rings. The van der Waals surface area contributed by atoms with Gasteiger partial charge in [0.1, 0.15) is 11.4 Å². The fourth-order valence-corrected chi connectivity index (χ4v) is 2.41. The zero-order valence-electron chi connectivity index (χ0n) is 12.8. The van der Waals surface area contributed by atoms with E-state index in [4.69, 9.17) is 4.74 Å². The molecule has 0 radical (unpaired) electrons. The van der Waals surface area contributed by atoms with Crippen LogP contribution in [-0.2, 0) is 4.74 Å². The van der Waals surface area contributed by atoms with Crippen molar-refractivity contribution in [1.29, 1.82) is 0 Å². The molecule has 6 heteroatoms. The molecule has 3 rings (SSSR count). The largest absolute Gasteiger partial charge is 0.444 e. The predicted molar refractivity (Wildman–Crippen MR) is 78.3 cm³/mol. The Bertz CT molecular complexity index is 681. The Hall–Kier alpha value is -2.11. The zero-order valence-corrected chi connectivity index (χ0v) is 12.8. The van der Waals surface area contributed by atoms with Crippen LogP contribution in [-0.4, -0.2) is 44.3 Å². The van der Waals surface area contributed by atoms with Gasteiger partial charge in [-0.3, -0.25) is 4.40 Å². The molecule has 1 aliphatic heterocycles. The monoisotopic (exact) mass is 288 g/mol. The summed E-state index contributed by atoms with van der Waals surface area (Å²) in [5.74, 6) is 1.13. The van der Waals surface area contributed by atoms with Crippen molar-refractivity contribution in [3.63, 3.8) is 0 Å². The number of pyridine rings is 1. The number of fused-ring (bicyclic) bond motifs is 1. The van der Waals surface area contributed by atoms with Crippen LogP contribution in [0.2, 0.25) is 0 Å². The van der Waals surface area contributed by atoms with Crippen LogP contribution in [0.3, 0.4) is 0 Å². The third-order valence-electron chi connectivity index (χ3n) is 3.47. The second-order valence-corrected chi connectivity index (χ2v) is 6.58. The van der Waals surface area contributed by atoms with Crippen molar-refractivity contribution < 1.29 is 9.53 Å². The molecule has 1 saturated heterocycles. The molecule has 0 aliphatic carbocycles. The number of likely N-dealkylation sites (tertiary alicyclic amines) is 1. The minimum Gasteiger partial charge on any atom is -0.444 e. The first-order chi connectivity index (χ1) is 9.83. The molecular weight excluding hydrogens is 268 g/mol. The molecule has 0 aromatic carbocycles. The summed E-state index contributed by atoms with van der Waals surface area (Å²) in [6.45, 7) is 8.91. The van der Waals surface area contributed by atoms with Crippen LogP contribution in [0, 0.1) is 6.92 Å². The fourth-order valence-electron chi connectivity index (χ4n) is 2.41. The maximum atomic E-state index is 11.9. The quantitative estimate of drug-likeness (QED) is 0.808. The number of aryl methyl sites for hydroxylation is 1. The number of ether oxygens (including phenoxy) is 1. The Kier molecular flexibility index (Phi) is 3.11. The summed E-state index contributed by atoms with van der Waals surface area (Å²) in [6.07, 6.45) is 1.77. The summed E-state index contributed by atoms with van der Waals surface area (Å²) in [5.41, 5.74) is 1.54. The first-order valence-electron chi connectivity index (χ1n) is 7.13. The summed E-state index contributed by atoms with van der Waals surface area (Å²) in [7, 11) is 0. The molecule has 0 unspecified atom stereocenters. The van der Waals surface area contributed by atoms with Crippen LogP contribution in [0.15, 0.2) is 18.3 Å². The van der Waals surface area contributed by atoms with Crippen molar-refractivity contribution in [3.8, 4) is 0 Å². The first-order valence-corrected chi connectivity index (χ1v) is 7.13.